The molecule has 2 aliphatic rings. The number of ether oxygens (including phenoxy) is 1. The van der Waals surface area contributed by atoms with Crippen LogP contribution in [0.5, 0.6) is 0 Å². The molecule has 1 N–H and O–H groups in total. The Morgan fingerprint density at radius 2 is 1.81 bits per heavy atom. The van der Waals surface area contributed by atoms with E-state index in [-0.39, 0.29) is 24.7 Å². The second-order valence-electron chi connectivity index (χ2n) is 7.87. The first-order valence-corrected chi connectivity index (χ1v) is 11.8. The lowest BCUT2D eigenvalue weighted by Crippen LogP contribution is -2.40. The van der Waals surface area contributed by atoms with Gasteiger partial charge >= 0.3 is 12.1 Å². The summed E-state index contributed by atoms with van der Waals surface area (Å²) in [6.45, 7) is 1.53. The van der Waals surface area contributed by atoms with Gasteiger partial charge < -0.3 is 15.0 Å². The number of allylic oxidation sites excluding steroid dienone is 1. The number of benzene rings is 2. The number of amides is 1. The number of halogens is 4. The summed E-state index contributed by atoms with van der Waals surface area (Å²) in [5.74, 6) is -1.92. The number of aliphatic imine (C=N–C) groups is 1. The third-order valence-electron chi connectivity index (χ3n) is 5.43. The molecule has 2 aliphatic heterocycles. The lowest BCUT2D eigenvalue weighted by molar-refractivity contribution is -0.140. The van der Waals surface area contributed by atoms with E-state index in [4.69, 9.17) is 4.74 Å². The Hall–Kier alpha value is -3.60. The predicted molar refractivity (Wildman–Crippen MR) is 127 cm³/mol. The van der Waals surface area contributed by atoms with Gasteiger partial charge in [0.25, 0.3) is 0 Å². The largest absolute Gasteiger partial charge is 0.463 e. The molecular formula is C25H21F4N3O3S. The van der Waals surface area contributed by atoms with Crippen molar-refractivity contribution in [1.82, 2.24) is 10.2 Å². The maximum absolute atomic E-state index is 14.0. The second-order valence-corrected chi connectivity index (χ2v) is 8.70. The van der Waals surface area contributed by atoms with Crippen molar-refractivity contribution in [2.45, 2.75) is 32.1 Å². The molecular weight excluding hydrogens is 498 g/mol. The molecule has 1 amide bonds. The van der Waals surface area contributed by atoms with Crippen LogP contribution in [0.2, 0.25) is 0 Å². The highest BCUT2D eigenvalue weighted by atomic mass is 32.2. The molecule has 1 atom stereocenters. The molecule has 6 nitrogen and oxygen atoms in total. The van der Waals surface area contributed by atoms with Crippen LogP contribution in [-0.4, -0.2) is 34.7 Å². The van der Waals surface area contributed by atoms with Crippen LogP contribution in [0.15, 0.2) is 82.0 Å². The van der Waals surface area contributed by atoms with Crippen LogP contribution in [0.1, 0.15) is 30.5 Å². The molecule has 2 heterocycles. The molecule has 0 saturated heterocycles. The fourth-order valence-electron chi connectivity index (χ4n) is 3.87. The Kier molecular flexibility index (Phi) is 7.48. The van der Waals surface area contributed by atoms with Crippen molar-refractivity contribution in [3.63, 3.8) is 0 Å². The average Bonchev–Trinajstić information content (AvgIpc) is 3.25. The minimum atomic E-state index is -4.90. The Bertz CT molecular complexity index is 1240. The van der Waals surface area contributed by atoms with Gasteiger partial charge in [0.1, 0.15) is 5.82 Å². The van der Waals surface area contributed by atoms with Gasteiger partial charge in [-0.1, -0.05) is 54.2 Å². The van der Waals surface area contributed by atoms with Crippen molar-refractivity contribution in [3.05, 3.63) is 93.9 Å². The van der Waals surface area contributed by atoms with Crippen LogP contribution >= 0.6 is 11.8 Å². The smallest absolute Gasteiger partial charge is 0.434 e. The average molecular weight is 520 g/mol. The molecule has 0 saturated carbocycles. The standard InChI is InChI=1S/C25H21F4N3O3S/c1-2-35-23(34)20-21(16-6-4-3-5-7-16)32-18(14-36-24(32)31-22(20)25(27,28)29)12-19(33)30-13-15-8-10-17(26)11-9-15/h3-11,14,21H,2,12-13H2,1H3,(H,30,33). The highest BCUT2D eigenvalue weighted by Gasteiger charge is 2.49. The summed E-state index contributed by atoms with van der Waals surface area (Å²) < 4.78 is 60.2. The summed E-state index contributed by atoms with van der Waals surface area (Å²) in [7, 11) is 0. The van der Waals surface area contributed by atoms with E-state index in [0.717, 1.165) is 11.8 Å². The summed E-state index contributed by atoms with van der Waals surface area (Å²) in [5, 5.41) is 4.28. The quantitative estimate of drug-likeness (QED) is 0.402. The number of carbonyl (C=O) groups is 2. The third-order valence-corrected chi connectivity index (χ3v) is 6.32. The Morgan fingerprint density at radius 1 is 1.11 bits per heavy atom. The number of thioether (sulfide) groups is 1. The molecule has 0 fully saturated rings. The van der Waals surface area contributed by atoms with E-state index in [0.29, 0.717) is 16.8 Å². The molecule has 11 heteroatoms. The molecule has 2 aromatic carbocycles. The first-order chi connectivity index (χ1) is 17.2. The van der Waals surface area contributed by atoms with Crippen molar-refractivity contribution in [2.75, 3.05) is 6.61 Å². The molecule has 0 aromatic heterocycles. The number of carbonyl (C=O) groups excluding carboxylic acids is 2. The van der Waals surface area contributed by atoms with Gasteiger partial charge in [-0.2, -0.15) is 13.2 Å². The van der Waals surface area contributed by atoms with Gasteiger partial charge in [0, 0.05) is 12.2 Å². The van der Waals surface area contributed by atoms with Crippen LogP contribution in [0.3, 0.4) is 0 Å². The summed E-state index contributed by atoms with van der Waals surface area (Å²) in [6, 6.07) is 12.7. The molecule has 188 valence electrons. The molecule has 0 spiro atoms. The van der Waals surface area contributed by atoms with Crippen LogP contribution in [0.4, 0.5) is 17.6 Å². The molecule has 4 rings (SSSR count). The maximum Gasteiger partial charge on any atom is 0.434 e. The van der Waals surface area contributed by atoms with Crippen LogP contribution in [0, 0.1) is 5.82 Å². The molecule has 36 heavy (non-hydrogen) atoms. The van der Waals surface area contributed by atoms with Gasteiger partial charge in [-0.05, 0) is 35.6 Å². The zero-order valence-electron chi connectivity index (χ0n) is 19.0. The third kappa shape index (κ3) is 5.46. The number of esters is 1. The number of rotatable bonds is 7. The maximum atomic E-state index is 14.0. The van der Waals surface area contributed by atoms with Gasteiger partial charge in [-0.25, -0.2) is 14.2 Å². The van der Waals surface area contributed by atoms with Crippen LogP contribution in [0.25, 0.3) is 0 Å². The van der Waals surface area contributed by atoms with E-state index in [1.165, 1.54) is 36.1 Å². The zero-order chi connectivity index (χ0) is 25.9. The van der Waals surface area contributed by atoms with E-state index >= 15 is 0 Å². The second kappa shape index (κ2) is 10.6. The number of nitrogens with one attached hydrogen (secondary N) is 1. The number of nitrogens with zero attached hydrogens (tertiary/aromatic N) is 2. The Balaban J connectivity index is 1.65. The van der Waals surface area contributed by atoms with Gasteiger partial charge in [-0.3, -0.25) is 4.79 Å². The summed E-state index contributed by atoms with van der Waals surface area (Å²) in [6.07, 6.45) is -5.07. The highest BCUT2D eigenvalue weighted by Crippen LogP contribution is 2.48. The Labute approximate surface area is 208 Å². The lowest BCUT2D eigenvalue weighted by Gasteiger charge is -2.36. The minimum Gasteiger partial charge on any atom is -0.463 e. The summed E-state index contributed by atoms with van der Waals surface area (Å²) in [4.78, 5) is 30.8. The highest BCUT2D eigenvalue weighted by molar-refractivity contribution is 8.16. The van der Waals surface area contributed by atoms with Crippen molar-refractivity contribution < 1.29 is 31.9 Å². The van der Waals surface area contributed by atoms with E-state index in [9.17, 15) is 27.2 Å². The lowest BCUT2D eigenvalue weighted by atomic mass is 9.93. The predicted octanol–water partition coefficient (Wildman–Crippen LogP) is 5.21. The van der Waals surface area contributed by atoms with Gasteiger partial charge in [0.15, 0.2) is 10.9 Å². The number of alkyl halides is 3. The fraction of sp³-hybridized carbons (Fsp3) is 0.240. The number of hydrogen-bond acceptors (Lipinski definition) is 6. The minimum absolute atomic E-state index is 0.00515. The van der Waals surface area contributed by atoms with Crippen LogP contribution < -0.4 is 5.32 Å². The number of amidine groups is 1. The van der Waals surface area contributed by atoms with Gasteiger partial charge in [0.05, 0.1) is 24.6 Å². The number of fused-ring (bicyclic) bond motifs is 1. The van der Waals surface area contributed by atoms with E-state index in [1.807, 2.05) is 0 Å². The molecule has 0 bridgehead atoms. The van der Waals surface area contributed by atoms with E-state index < -0.39 is 41.2 Å². The first-order valence-electron chi connectivity index (χ1n) is 11.0. The molecule has 0 radical (unpaired) electrons. The SMILES string of the molecule is CCOC(=O)C1=C(C(F)(F)F)N=C2SC=C(CC(=O)NCc3ccc(F)cc3)N2C1c1ccccc1. The van der Waals surface area contributed by atoms with Crippen molar-refractivity contribution in [1.29, 1.82) is 0 Å². The van der Waals surface area contributed by atoms with Gasteiger partial charge in [0.2, 0.25) is 5.91 Å². The molecule has 2 aromatic rings. The van der Waals surface area contributed by atoms with Crippen molar-refractivity contribution >= 4 is 28.8 Å². The van der Waals surface area contributed by atoms with Gasteiger partial charge in [-0.15, -0.1) is 0 Å². The normalized spacial score (nSPS) is 17.4. The topological polar surface area (TPSA) is 71.0 Å². The molecule has 0 aliphatic carbocycles. The number of hydrogen-bond donors (Lipinski definition) is 1. The first kappa shape index (κ1) is 25.5. The van der Waals surface area contributed by atoms with E-state index in [2.05, 4.69) is 10.3 Å². The summed E-state index contributed by atoms with van der Waals surface area (Å²) >= 11 is 0.944. The molecule has 1 unspecified atom stereocenters. The summed E-state index contributed by atoms with van der Waals surface area (Å²) in [5.41, 5.74) is -0.477. The Morgan fingerprint density at radius 3 is 2.44 bits per heavy atom. The zero-order valence-corrected chi connectivity index (χ0v) is 19.8. The monoisotopic (exact) mass is 519 g/mol. The van der Waals surface area contributed by atoms with E-state index in [1.54, 1.807) is 35.7 Å². The van der Waals surface area contributed by atoms with Crippen molar-refractivity contribution in [3.8, 4) is 0 Å². The fourth-order valence-corrected chi connectivity index (χ4v) is 4.79. The van der Waals surface area contributed by atoms with Crippen molar-refractivity contribution in [2.24, 2.45) is 4.99 Å². The van der Waals surface area contributed by atoms with Crippen LogP contribution in [-0.2, 0) is 20.9 Å².